The van der Waals surface area contributed by atoms with E-state index >= 15 is 0 Å². The molecule has 3 heterocycles. The molecule has 0 atom stereocenters. The first-order valence-corrected chi connectivity index (χ1v) is 13.6. The molecule has 3 N–H and O–H groups in total. The second kappa shape index (κ2) is 10.9. The predicted octanol–water partition coefficient (Wildman–Crippen LogP) is 5.44. The van der Waals surface area contributed by atoms with Gasteiger partial charge in [-0.2, -0.15) is 0 Å². The first kappa shape index (κ1) is 26.8. The number of benzene rings is 3. The van der Waals surface area contributed by atoms with Gasteiger partial charge in [-0.05, 0) is 41.5 Å². The van der Waals surface area contributed by atoms with Crippen LogP contribution >= 0.6 is 11.3 Å². The minimum Gasteiger partial charge on any atom is -0.497 e. The summed E-state index contributed by atoms with van der Waals surface area (Å²) >= 11 is 1.13. The van der Waals surface area contributed by atoms with Gasteiger partial charge in [0.05, 0.1) is 32.7 Å². The van der Waals surface area contributed by atoms with Gasteiger partial charge in [-0.15, -0.1) is 11.3 Å². The summed E-state index contributed by atoms with van der Waals surface area (Å²) < 4.78 is 22.4. The molecule has 11 heteroatoms. The van der Waals surface area contributed by atoms with E-state index in [1.807, 2.05) is 54.6 Å². The third kappa shape index (κ3) is 4.55. The number of carbonyl (C=O) groups is 1. The van der Waals surface area contributed by atoms with Crippen molar-refractivity contribution >= 4 is 33.0 Å². The quantitative estimate of drug-likeness (QED) is 0.178. The van der Waals surface area contributed by atoms with E-state index in [4.69, 9.17) is 29.5 Å². The molecule has 3 aromatic heterocycles. The Labute approximate surface area is 244 Å². The van der Waals surface area contributed by atoms with Gasteiger partial charge in [0.15, 0.2) is 11.5 Å². The second-order valence-electron chi connectivity index (χ2n) is 9.18. The molecule has 0 saturated heterocycles. The van der Waals surface area contributed by atoms with Gasteiger partial charge in [-0.3, -0.25) is 9.32 Å². The third-order valence-corrected chi connectivity index (χ3v) is 7.92. The van der Waals surface area contributed by atoms with Crippen LogP contribution in [-0.2, 0) is 0 Å². The predicted molar refractivity (Wildman–Crippen MR) is 158 cm³/mol. The van der Waals surface area contributed by atoms with Crippen LogP contribution in [0.15, 0.2) is 83.4 Å². The average Bonchev–Trinajstić information content (AvgIpc) is 3.59. The van der Waals surface area contributed by atoms with Crippen LogP contribution in [0.5, 0.6) is 23.2 Å². The maximum atomic E-state index is 14.0. The molecule has 0 spiro atoms. The first-order valence-electron chi connectivity index (χ1n) is 12.7. The number of anilines is 1. The zero-order valence-electron chi connectivity index (χ0n) is 22.8. The molecule has 0 fully saturated rings. The largest absolute Gasteiger partial charge is 0.497 e. The zero-order chi connectivity index (χ0) is 29.4. The lowest BCUT2D eigenvalue weighted by molar-refractivity contribution is -0.672. The van der Waals surface area contributed by atoms with Crippen LogP contribution in [-0.4, -0.2) is 42.5 Å². The molecular formula is C31H25N4O6S+. The van der Waals surface area contributed by atoms with Crippen molar-refractivity contribution in [3.8, 4) is 51.3 Å². The smallest absolute Gasteiger partial charge is 0.393 e. The van der Waals surface area contributed by atoms with Crippen LogP contribution in [0.25, 0.3) is 38.3 Å². The number of carbonyl (C=O) groups excluding carboxylic acids is 1. The monoisotopic (exact) mass is 581 g/mol. The number of aromatic hydroxyl groups is 1. The Hall–Kier alpha value is -5.42. The van der Waals surface area contributed by atoms with Crippen LogP contribution in [0.1, 0.15) is 15.4 Å². The van der Waals surface area contributed by atoms with E-state index in [9.17, 15) is 9.90 Å². The van der Waals surface area contributed by atoms with Gasteiger partial charge in [0.2, 0.25) is 11.0 Å². The van der Waals surface area contributed by atoms with Crippen molar-refractivity contribution in [3.63, 3.8) is 0 Å². The lowest BCUT2D eigenvalue weighted by atomic mass is 9.98. The standard InChI is InChI=1S/C31H24N4O6S/c1-38-20-12-10-19(11-13-20)35-27(31(37)41-34-35)28(36)29-26(32)25-21(18-9-14-23(39-2)24(15-18)40-3)16-22(33-30(25)42-29)17-7-5-4-6-8-17/h4-16H,1-3H3,(H2-,32,34,36,37)/p+1. The van der Waals surface area contributed by atoms with Gasteiger partial charge in [0, 0.05) is 27.8 Å². The number of rotatable bonds is 8. The van der Waals surface area contributed by atoms with E-state index in [1.54, 1.807) is 45.6 Å². The fourth-order valence-corrected chi connectivity index (χ4v) is 5.79. The van der Waals surface area contributed by atoms with Crippen molar-refractivity contribution in [3.05, 3.63) is 89.4 Å². The number of methoxy groups -OCH3 is 3. The van der Waals surface area contributed by atoms with E-state index in [-0.39, 0.29) is 16.3 Å². The number of hydrogen-bond acceptors (Lipinski definition) is 10. The summed E-state index contributed by atoms with van der Waals surface area (Å²) in [4.78, 5) is 19.6. The molecule has 0 aliphatic carbocycles. The van der Waals surface area contributed by atoms with Gasteiger partial charge >= 0.3 is 11.6 Å². The minimum absolute atomic E-state index is 0.172. The van der Waals surface area contributed by atoms with E-state index in [1.165, 1.54) is 4.68 Å². The SMILES string of the molecule is COc1ccc(-[n+]2noc(O)c2C(=O)c2sc3nc(-c4ccccc4)cc(-c4ccc(OC)c(OC)c4)c3c2N)cc1. The Balaban J connectivity index is 1.55. The molecule has 210 valence electrons. The van der Waals surface area contributed by atoms with E-state index < -0.39 is 11.7 Å². The highest BCUT2D eigenvalue weighted by Gasteiger charge is 2.37. The Morgan fingerprint density at radius 3 is 2.33 bits per heavy atom. The summed E-state index contributed by atoms with van der Waals surface area (Å²) in [5, 5.41) is 15.0. The van der Waals surface area contributed by atoms with Gasteiger partial charge in [0.1, 0.15) is 15.5 Å². The van der Waals surface area contributed by atoms with Gasteiger partial charge in [-0.1, -0.05) is 36.4 Å². The molecule has 0 aliphatic heterocycles. The average molecular weight is 582 g/mol. The van der Waals surface area contributed by atoms with Crippen LogP contribution in [0, 0.1) is 0 Å². The van der Waals surface area contributed by atoms with E-state index in [2.05, 4.69) is 5.27 Å². The number of nitrogens with two attached hydrogens (primary N) is 1. The fourth-order valence-electron chi connectivity index (χ4n) is 4.73. The molecule has 0 amide bonds. The molecule has 10 nitrogen and oxygen atoms in total. The van der Waals surface area contributed by atoms with Gasteiger partial charge in [-0.25, -0.2) is 4.98 Å². The molecule has 6 rings (SSSR count). The number of ketones is 1. The van der Waals surface area contributed by atoms with Gasteiger partial charge in [0.25, 0.3) is 5.78 Å². The first-order chi connectivity index (χ1) is 20.4. The Morgan fingerprint density at radius 1 is 0.905 bits per heavy atom. The maximum absolute atomic E-state index is 14.0. The van der Waals surface area contributed by atoms with Crippen molar-refractivity contribution in [1.82, 2.24) is 10.3 Å². The fraction of sp³-hybridized carbons (Fsp3) is 0.0968. The number of nitrogens with zero attached hydrogens (tertiary/aromatic N) is 3. The number of nitrogen functional groups attached to an aromatic ring is 1. The summed E-state index contributed by atoms with van der Waals surface area (Å²) in [5.41, 5.74) is 10.4. The van der Waals surface area contributed by atoms with Crippen LogP contribution in [0.3, 0.4) is 0 Å². The number of thiophene rings is 1. The number of ether oxygens (including phenoxy) is 3. The van der Waals surface area contributed by atoms with Crippen molar-refractivity contribution in [2.24, 2.45) is 0 Å². The van der Waals surface area contributed by atoms with Crippen LogP contribution < -0.4 is 24.6 Å². The van der Waals surface area contributed by atoms with Crippen LogP contribution in [0.4, 0.5) is 5.69 Å². The van der Waals surface area contributed by atoms with E-state index in [0.29, 0.717) is 38.8 Å². The number of aromatic nitrogens is 3. The lowest BCUT2D eigenvalue weighted by Crippen LogP contribution is -2.38. The lowest BCUT2D eigenvalue weighted by Gasteiger charge is -2.12. The molecule has 0 saturated carbocycles. The molecule has 0 bridgehead atoms. The normalized spacial score (nSPS) is 11.0. The maximum Gasteiger partial charge on any atom is 0.393 e. The Bertz CT molecular complexity index is 1930. The zero-order valence-corrected chi connectivity index (χ0v) is 23.6. The molecule has 6 aromatic rings. The van der Waals surface area contributed by atoms with Crippen molar-refractivity contribution in [2.45, 2.75) is 0 Å². The summed E-state index contributed by atoms with van der Waals surface area (Å²) in [5.74, 6) is 0.545. The van der Waals surface area contributed by atoms with Crippen molar-refractivity contribution in [1.29, 1.82) is 0 Å². The number of pyridine rings is 1. The second-order valence-corrected chi connectivity index (χ2v) is 10.2. The highest BCUT2D eigenvalue weighted by molar-refractivity contribution is 7.21. The Morgan fingerprint density at radius 2 is 1.64 bits per heavy atom. The summed E-state index contributed by atoms with van der Waals surface area (Å²) in [6, 6.07) is 24.0. The van der Waals surface area contributed by atoms with E-state index in [0.717, 1.165) is 28.0 Å². The van der Waals surface area contributed by atoms with Crippen LogP contribution in [0.2, 0.25) is 0 Å². The summed E-state index contributed by atoms with van der Waals surface area (Å²) in [7, 11) is 4.69. The highest BCUT2D eigenvalue weighted by atomic mass is 32.1. The molecular weight excluding hydrogens is 556 g/mol. The van der Waals surface area contributed by atoms with Crippen molar-refractivity contribution in [2.75, 3.05) is 27.1 Å². The molecule has 0 unspecified atom stereocenters. The summed E-state index contributed by atoms with van der Waals surface area (Å²) in [6.07, 6.45) is 0. The molecule has 0 radical (unpaired) electrons. The third-order valence-electron chi connectivity index (χ3n) is 6.82. The minimum atomic E-state index is -0.634. The topological polar surface area (TPSA) is 134 Å². The molecule has 0 aliphatic rings. The molecule has 3 aromatic carbocycles. The van der Waals surface area contributed by atoms with Crippen molar-refractivity contribution < 1.29 is 33.3 Å². The van der Waals surface area contributed by atoms with Gasteiger partial charge < -0.3 is 25.1 Å². The number of fused-ring (bicyclic) bond motifs is 1. The molecule has 42 heavy (non-hydrogen) atoms. The summed E-state index contributed by atoms with van der Waals surface area (Å²) in [6.45, 7) is 0. The Kier molecular flexibility index (Phi) is 6.93. The number of hydrogen-bond donors (Lipinski definition) is 2. The highest BCUT2D eigenvalue weighted by Crippen LogP contribution is 2.44.